The van der Waals surface area contributed by atoms with Crippen LogP contribution in [-0.4, -0.2) is 9.97 Å². The normalized spacial score (nSPS) is 23.1. The van der Waals surface area contributed by atoms with E-state index in [0.717, 1.165) is 5.52 Å². The van der Waals surface area contributed by atoms with Crippen LogP contribution in [-0.2, 0) is 0 Å². The van der Waals surface area contributed by atoms with Crippen molar-refractivity contribution in [3.63, 3.8) is 0 Å². The highest BCUT2D eigenvalue weighted by Crippen LogP contribution is 2.56. The molecule has 0 N–H and O–H groups in total. The smallest absolute Gasteiger partial charge is 0.0976 e. The van der Waals surface area contributed by atoms with E-state index in [4.69, 9.17) is 4.98 Å². The van der Waals surface area contributed by atoms with Crippen LogP contribution in [0.5, 0.6) is 0 Å². The SMILES string of the molecule is c1ccc2sc(C3CC3c3cncs3)nc2c1. The first-order valence-electron chi connectivity index (χ1n) is 5.65. The molecular formula is C13H10N2S2. The lowest BCUT2D eigenvalue weighted by atomic mass is 10.3. The van der Waals surface area contributed by atoms with Crippen LogP contribution in [0.3, 0.4) is 0 Å². The number of nitrogens with zero attached hydrogens (tertiary/aromatic N) is 2. The molecule has 2 unspecified atom stereocenters. The zero-order valence-electron chi connectivity index (χ0n) is 9.04. The summed E-state index contributed by atoms with van der Waals surface area (Å²) >= 11 is 3.61. The van der Waals surface area contributed by atoms with Crippen molar-refractivity contribution >= 4 is 32.9 Å². The van der Waals surface area contributed by atoms with Gasteiger partial charge in [-0.3, -0.25) is 4.98 Å². The second kappa shape index (κ2) is 3.62. The Morgan fingerprint density at radius 3 is 2.94 bits per heavy atom. The minimum Gasteiger partial charge on any atom is -0.253 e. The van der Waals surface area contributed by atoms with Gasteiger partial charge in [0.2, 0.25) is 0 Å². The molecule has 4 heteroatoms. The molecule has 1 fully saturated rings. The Labute approximate surface area is 107 Å². The Kier molecular flexibility index (Phi) is 2.07. The van der Waals surface area contributed by atoms with Crippen LogP contribution in [0, 0.1) is 0 Å². The number of rotatable bonds is 2. The number of thiazole rings is 2. The minimum atomic E-state index is 0.632. The Hall–Kier alpha value is -1.26. The average Bonchev–Trinajstić information content (AvgIpc) is 2.81. The maximum absolute atomic E-state index is 4.74. The molecule has 2 aromatic heterocycles. The zero-order chi connectivity index (χ0) is 11.2. The van der Waals surface area contributed by atoms with Gasteiger partial charge < -0.3 is 0 Å². The van der Waals surface area contributed by atoms with E-state index in [1.165, 1.54) is 21.0 Å². The highest BCUT2D eigenvalue weighted by atomic mass is 32.1. The summed E-state index contributed by atoms with van der Waals surface area (Å²) in [6, 6.07) is 8.39. The summed E-state index contributed by atoms with van der Waals surface area (Å²) in [6.45, 7) is 0. The Bertz CT molecular complexity index is 624. The van der Waals surface area contributed by atoms with Crippen molar-refractivity contribution in [1.29, 1.82) is 0 Å². The number of hydrogen-bond donors (Lipinski definition) is 0. The summed E-state index contributed by atoms with van der Waals surface area (Å²) in [5.41, 5.74) is 3.06. The molecule has 1 aliphatic carbocycles. The zero-order valence-corrected chi connectivity index (χ0v) is 10.7. The fourth-order valence-corrected chi connectivity index (χ4v) is 4.19. The van der Waals surface area contributed by atoms with E-state index in [2.05, 4.69) is 29.2 Å². The number of para-hydroxylation sites is 1. The van der Waals surface area contributed by atoms with Crippen LogP contribution in [0.25, 0.3) is 10.2 Å². The van der Waals surface area contributed by atoms with Crippen molar-refractivity contribution in [2.75, 3.05) is 0 Å². The number of benzene rings is 1. The molecule has 2 atom stereocenters. The fraction of sp³-hybridized carbons (Fsp3) is 0.231. The first-order chi connectivity index (χ1) is 8.42. The van der Waals surface area contributed by atoms with Crippen LogP contribution >= 0.6 is 22.7 Å². The molecule has 17 heavy (non-hydrogen) atoms. The molecule has 2 nitrogen and oxygen atoms in total. The highest BCUT2D eigenvalue weighted by Gasteiger charge is 2.42. The Morgan fingerprint density at radius 2 is 2.12 bits per heavy atom. The molecule has 0 spiro atoms. The molecule has 1 saturated carbocycles. The molecule has 0 saturated heterocycles. The number of aromatic nitrogens is 2. The van der Waals surface area contributed by atoms with Gasteiger partial charge in [0.25, 0.3) is 0 Å². The van der Waals surface area contributed by atoms with E-state index in [9.17, 15) is 0 Å². The maximum Gasteiger partial charge on any atom is 0.0976 e. The van der Waals surface area contributed by atoms with Gasteiger partial charge in [0, 0.05) is 22.9 Å². The second-order valence-corrected chi connectivity index (χ2v) is 6.35. The minimum absolute atomic E-state index is 0.632. The highest BCUT2D eigenvalue weighted by molar-refractivity contribution is 7.18. The van der Waals surface area contributed by atoms with Crippen molar-refractivity contribution in [2.45, 2.75) is 18.3 Å². The summed E-state index contributed by atoms with van der Waals surface area (Å²) in [5.74, 6) is 1.30. The molecule has 0 aliphatic heterocycles. The Morgan fingerprint density at radius 1 is 1.18 bits per heavy atom. The lowest BCUT2D eigenvalue weighted by molar-refractivity contribution is 1.03. The van der Waals surface area contributed by atoms with Gasteiger partial charge in [-0.15, -0.1) is 22.7 Å². The quantitative estimate of drug-likeness (QED) is 0.693. The van der Waals surface area contributed by atoms with E-state index in [1.807, 2.05) is 23.0 Å². The summed E-state index contributed by atoms with van der Waals surface area (Å²) in [5, 5.41) is 1.30. The van der Waals surface area contributed by atoms with E-state index < -0.39 is 0 Å². The van der Waals surface area contributed by atoms with Gasteiger partial charge in [0.15, 0.2) is 0 Å². The predicted molar refractivity (Wildman–Crippen MR) is 71.8 cm³/mol. The number of hydrogen-bond acceptors (Lipinski definition) is 4. The summed E-state index contributed by atoms with van der Waals surface area (Å²) in [6.07, 6.45) is 3.24. The fourth-order valence-electron chi connectivity index (χ4n) is 2.24. The third kappa shape index (κ3) is 1.59. The molecule has 1 aliphatic rings. The van der Waals surface area contributed by atoms with Gasteiger partial charge in [-0.2, -0.15) is 0 Å². The summed E-state index contributed by atoms with van der Waals surface area (Å²) in [4.78, 5) is 10.3. The van der Waals surface area contributed by atoms with Crippen molar-refractivity contribution in [1.82, 2.24) is 9.97 Å². The average molecular weight is 258 g/mol. The summed E-state index contributed by atoms with van der Waals surface area (Å²) in [7, 11) is 0. The summed E-state index contributed by atoms with van der Waals surface area (Å²) < 4.78 is 1.30. The van der Waals surface area contributed by atoms with Crippen molar-refractivity contribution in [2.24, 2.45) is 0 Å². The van der Waals surface area contributed by atoms with Crippen molar-refractivity contribution < 1.29 is 0 Å². The molecule has 4 rings (SSSR count). The van der Waals surface area contributed by atoms with Crippen LogP contribution in [0.4, 0.5) is 0 Å². The molecular weight excluding hydrogens is 248 g/mol. The lowest BCUT2D eigenvalue weighted by Crippen LogP contribution is -1.79. The van der Waals surface area contributed by atoms with Gasteiger partial charge >= 0.3 is 0 Å². The molecule has 2 heterocycles. The molecule has 0 bridgehead atoms. The topological polar surface area (TPSA) is 25.8 Å². The van der Waals surface area contributed by atoms with Gasteiger partial charge in [-0.25, -0.2) is 4.98 Å². The third-order valence-corrected chi connectivity index (χ3v) is 5.31. The molecule has 0 radical (unpaired) electrons. The molecule has 1 aromatic carbocycles. The van der Waals surface area contributed by atoms with Crippen LogP contribution in [0.2, 0.25) is 0 Å². The molecule has 84 valence electrons. The second-order valence-electron chi connectivity index (χ2n) is 4.37. The monoisotopic (exact) mass is 258 g/mol. The van der Waals surface area contributed by atoms with Crippen LogP contribution in [0.15, 0.2) is 36.0 Å². The largest absolute Gasteiger partial charge is 0.253 e. The molecule has 3 aromatic rings. The first kappa shape index (κ1) is 9.74. The van der Waals surface area contributed by atoms with E-state index in [1.54, 1.807) is 11.3 Å². The first-order valence-corrected chi connectivity index (χ1v) is 7.35. The van der Waals surface area contributed by atoms with E-state index in [-0.39, 0.29) is 0 Å². The van der Waals surface area contributed by atoms with Crippen LogP contribution in [0.1, 0.15) is 28.1 Å². The van der Waals surface area contributed by atoms with Gasteiger partial charge in [-0.05, 0) is 18.6 Å². The van der Waals surface area contributed by atoms with E-state index >= 15 is 0 Å². The van der Waals surface area contributed by atoms with Gasteiger partial charge in [0.1, 0.15) is 0 Å². The van der Waals surface area contributed by atoms with Crippen molar-refractivity contribution in [3.8, 4) is 0 Å². The van der Waals surface area contributed by atoms with Crippen LogP contribution < -0.4 is 0 Å². The maximum atomic E-state index is 4.74. The van der Waals surface area contributed by atoms with Gasteiger partial charge in [0.05, 0.1) is 20.7 Å². The predicted octanol–water partition coefficient (Wildman–Crippen LogP) is 4.02. The van der Waals surface area contributed by atoms with Gasteiger partial charge in [-0.1, -0.05) is 12.1 Å². The number of fused-ring (bicyclic) bond motifs is 1. The van der Waals surface area contributed by atoms with E-state index in [0.29, 0.717) is 11.8 Å². The Balaban J connectivity index is 1.68. The third-order valence-electron chi connectivity index (χ3n) is 3.23. The standard InChI is InChI=1S/C13H10N2S2/c1-2-4-11-10(3-1)15-13(17-11)9-5-8(9)12-6-14-7-16-12/h1-4,6-9H,5H2. The lowest BCUT2D eigenvalue weighted by Gasteiger charge is -1.90. The van der Waals surface area contributed by atoms with Crippen molar-refractivity contribution in [3.05, 3.63) is 45.9 Å². The molecule has 0 amide bonds.